The standard InChI is InChI=1S/C12H18N2O3/c1-7(6-15)8(2)14-12(17)9-4-3-5-10(13)11(9)16/h3-5,7-8,15-16H,6,13H2,1-2H3,(H,14,17). The van der Waals surface area contributed by atoms with Gasteiger partial charge in [0, 0.05) is 12.6 Å². The molecule has 0 radical (unpaired) electrons. The zero-order chi connectivity index (χ0) is 13.0. The fourth-order valence-corrected chi connectivity index (χ4v) is 1.33. The highest BCUT2D eigenvalue weighted by atomic mass is 16.3. The van der Waals surface area contributed by atoms with Crippen LogP contribution >= 0.6 is 0 Å². The van der Waals surface area contributed by atoms with Crippen molar-refractivity contribution < 1.29 is 15.0 Å². The third-order valence-electron chi connectivity index (χ3n) is 2.81. The van der Waals surface area contributed by atoms with Crippen LogP contribution in [0.15, 0.2) is 18.2 Å². The Morgan fingerprint density at radius 2 is 2.12 bits per heavy atom. The highest BCUT2D eigenvalue weighted by Crippen LogP contribution is 2.24. The number of nitrogens with one attached hydrogen (secondary N) is 1. The van der Waals surface area contributed by atoms with Crippen molar-refractivity contribution in [2.75, 3.05) is 12.3 Å². The molecular formula is C12H18N2O3. The second-order valence-corrected chi connectivity index (χ2v) is 4.17. The Balaban J connectivity index is 2.80. The van der Waals surface area contributed by atoms with Gasteiger partial charge in [0.25, 0.3) is 5.91 Å². The van der Waals surface area contributed by atoms with Crippen LogP contribution in [0.2, 0.25) is 0 Å². The lowest BCUT2D eigenvalue weighted by Crippen LogP contribution is -2.38. The van der Waals surface area contributed by atoms with Gasteiger partial charge in [-0.3, -0.25) is 4.79 Å². The third-order valence-corrected chi connectivity index (χ3v) is 2.81. The van der Waals surface area contributed by atoms with Crippen LogP contribution in [-0.4, -0.2) is 28.8 Å². The minimum Gasteiger partial charge on any atom is -0.505 e. The molecule has 0 spiro atoms. The molecule has 1 rings (SSSR count). The van der Waals surface area contributed by atoms with E-state index in [2.05, 4.69) is 5.32 Å². The molecule has 0 aliphatic heterocycles. The summed E-state index contributed by atoms with van der Waals surface area (Å²) in [6.45, 7) is 3.61. The molecule has 5 heteroatoms. The van der Waals surface area contributed by atoms with Crippen LogP contribution in [0, 0.1) is 5.92 Å². The van der Waals surface area contributed by atoms with Crippen molar-refractivity contribution in [1.82, 2.24) is 5.32 Å². The van der Waals surface area contributed by atoms with E-state index in [0.717, 1.165) is 0 Å². The van der Waals surface area contributed by atoms with Crippen molar-refractivity contribution in [1.29, 1.82) is 0 Å². The summed E-state index contributed by atoms with van der Waals surface area (Å²) in [5.74, 6) is -0.668. The van der Waals surface area contributed by atoms with Gasteiger partial charge in [-0.2, -0.15) is 0 Å². The maximum absolute atomic E-state index is 11.8. The quantitative estimate of drug-likeness (QED) is 0.459. The minimum atomic E-state index is -0.400. The van der Waals surface area contributed by atoms with Gasteiger partial charge in [-0.25, -0.2) is 0 Å². The molecule has 2 unspecified atom stereocenters. The molecule has 5 N–H and O–H groups in total. The molecule has 0 saturated carbocycles. The van der Waals surface area contributed by atoms with Gasteiger partial charge in [0.05, 0.1) is 11.3 Å². The third kappa shape index (κ3) is 3.10. The van der Waals surface area contributed by atoms with Crippen LogP contribution in [0.1, 0.15) is 24.2 Å². The largest absolute Gasteiger partial charge is 0.505 e. The number of aliphatic hydroxyl groups is 1. The van der Waals surface area contributed by atoms with Crippen molar-refractivity contribution in [2.45, 2.75) is 19.9 Å². The lowest BCUT2D eigenvalue weighted by atomic mass is 10.0. The van der Waals surface area contributed by atoms with Gasteiger partial charge >= 0.3 is 0 Å². The lowest BCUT2D eigenvalue weighted by Gasteiger charge is -2.19. The second-order valence-electron chi connectivity index (χ2n) is 4.17. The van der Waals surface area contributed by atoms with E-state index in [4.69, 9.17) is 10.8 Å². The molecule has 0 saturated heterocycles. The number of rotatable bonds is 4. The van der Waals surface area contributed by atoms with Gasteiger partial charge in [-0.1, -0.05) is 13.0 Å². The van der Waals surface area contributed by atoms with Crippen LogP contribution in [0.25, 0.3) is 0 Å². The lowest BCUT2D eigenvalue weighted by molar-refractivity contribution is 0.0913. The number of phenolic OH excluding ortho intramolecular Hbond substituents is 1. The zero-order valence-electron chi connectivity index (χ0n) is 9.97. The van der Waals surface area contributed by atoms with E-state index in [1.807, 2.05) is 6.92 Å². The Labute approximate surface area is 100 Å². The molecule has 0 heterocycles. The van der Waals surface area contributed by atoms with Crippen LogP contribution in [0.5, 0.6) is 5.75 Å². The number of para-hydroxylation sites is 1. The van der Waals surface area contributed by atoms with Gasteiger partial charge in [-0.15, -0.1) is 0 Å². The first-order valence-corrected chi connectivity index (χ1v) is 5.46. The SMILES string of the molecule is CC(CO)C(C)NC(=O)c1cccc(N)c1O. The van der Waals surface area contributed by atoms with Crippen LogP contribution in [0.3, 0.4) is 0 Å². The molecule has 0 fully saturated rings. The average Bonchev–Trinajstić information content (AvgIpc) is 2.31. The smallest absolute Gasteiger partial charge is 0.255 e. The first-order chi connectivity index (χ1) is 7.97. The van der Waals surface area contributed by atoms with Crippen LogP contribution in [-0.2, 0) is 0 Å². The molecule has 0 aromatic heterocycles. The number of phenols is 1. The fourth-order valence-electron chi connectivity index (χ4n) is 1.33. The van der Waals surface area contributed by atoms with E-state index in [9.17, 15) is 9.90 Å². The Hall–Kier alpha value is -1.75. The van der Waals surface area contributed by atoms with E-state index < -0.39 is 5.91 Å². The number of carbonyl (C=O) groups excluding carboxylic acids is 1. The topological polar surface area (TPSA) is 95.6 Å². The van der Waals surface area contributed by atoms with Crippen molar-refractivity contribution in [3.05, 3.63) is 23.8 Å². The fraction of sp³-hybridized carbons (Fsp3) is 0.417. The predicted molar refractivity (Wildman–Crippen MR) is 65.7 cm³/mol. The van der Waals surface area contributed by atoms with E-state index in [1.54, 1.807) is 13.0 Å². The number of nitrogen functional groups attached to an aromatic ring is 1. The minimum absolute atomic E-state index is 0.00957. The highest BCUT2D eigenvalue weighted by molar-refractivity contribution is 5.98. The number of carbonyl (C=O) groups is 1. The highest BCUT2D eigenvalue weighted by Gasteiger charge is 2.18. The summed E-state index contributed by atoms with van der Waals surface area (Å²) >= 11 is 0. The number of aliphatic hydroxyl groups excluding tert-OH is 1. The number of anilines is 1. The first kappa shape index (κ1) is 13.3. The maximum Gasteiger partial charge on any atom is 0.255 e. The Bertz CT molecular complexity index is 407. The van der Waals surface area contributed by atoms with Crippen LogP contribution in [0.4, 0.5) is 5.69 Å². The monoisotopic (exact) mass is 238 g/mol. The number of hydrogen-bond donors (Lipinski definition) is 4. The van der Waals surface area contributed by atoms with E-state index in [-0.39, 0.29) is 35.6 Å². The summed E-state index contributed by atoms with van der Waals surface area (Å²) in [7, 11) is 0. The second kappa shape index (κ2) is 5.54. The number of nitrogens with two attached hydrogens (primary N) is 1. The number of benzene rings is 1. The molecule has 2 atom stereocenters. The van der Waals surface area contributed by atoms with Crippen molar-refractivity contribution in [2.24, 2.45) is 5.92 Å². The number of hydrogen-bond acceptors (Lipinski definition) is 4. The molecule has 5 nitrogen and oxygen atoms in total. The molecule has 0 aliphatic carbocycles. The number of amides is 1. The Kier molecular flexibility index (Phi) is 4.34. The van der Waals surface area contributed by atoms with Gasteiger partial charge in [-0.05, 0) is 25.0 Å². The summed E-state index contributed by atoms with van der Waals surface area (Å²) in [4.78, 5) is 11.8. The first-order valence-electron chi connectivity index (χ1n) is 5.46. The predicted octanol–water partition coefficient (Wildman–Crippen LogP) is 0.721. The average molecular weight is 238 g/mol. The molecule has 0 bridgehead atoms. The van der Waals surface area contributed by atoms with Gasteiger partial charge in [0.15, 0.2) is 5.75 Å². The summed E-state index contributed by atoms with van der Waals surface area (Å²) < 4.78 is 0. The van der Waals surface area contributed by atoms with E-state index in [0.29, 0.717) is 0 Å². The Morgan fingerprint density at radius 3 is 2.71 bits per heavy atom. The van der Waals surface area contributed by atoms with Gasteiger partial charge < -0.3 is 21.3 Å². The Morgan fingerprint density at radius 1 is 1.47 bits per heavy atom. The molecular weight excluding hydrogens is 220 g/mol. The van der Waals surface area contributed by atoms with Crippen molar-refractivity contribution in [3.63, 3.8) is 0 Å². The van der Waals surface area contributed by atoms with Crippen molar-refractivity contribution >= 4 is 11.6 Å². The number of aromatic hydroxyl groups is 1. The summed E-state index contributed by atoms with van der Waals surface area (Å²) in [5, 5.41) is 21.3. The van der Waals surface area contributed by atoms with E-state index >= 15 is 0 Å². The molecule has 94 valence electrons. The molecule has 0 aliphatic rings. The van der Waals surface area contributed by atoms with Crippen LogP contribution < -0.4 is 11.1 Å². The van der Waals surface area contributed by atoms with Gasteiger partial charge in [0.1, 0.15) is 0 Å². The molecule has 1 aromatic carbocycles. The van der Waals surface area contributed by atoms with Gasteiger partial charge in [0.2, 0.25) is 0 Å². The van der Waals surface area contributed by atoms with E-state index in [1.165, 1.54) is 12.1 Å². The summed E-state index contributed by atoms with van der Waals surface area (Å²) in [6.07, 6.45) is 0. The summed E-state index contributed by atoms with van der Waals surface area (Å²) in [5.41, 5.74) is 5.81. The summed E-state index contributed by atoms with van der Waals surface area (Å²) in [6, 6.07) is 4.43. The normalized spacial score (nSPS) is 14.1. The maximum atomic E-state index is 11.8. The molecule has 1 amide bonds. The molecule has 1 aromatic rings. The zero-order valence-corrected chi connectivity index (χ0v) is 9.97. The van der Waals surface area contributed by atoms with Crippen molar-refractivity contribution in [3.8, 4) is 5.75 Å². The molecule has 17 heavy (non-hydrogen) atoms.